The summed E-state index contributed by atoms with van der Waals surface area (Å²) in [5.74, 6) is 0.126. The molecular formula is C18H16ClNO4S. The molecule has 0 aliphatic carbocycles. The Morgan fingerprint density at radius 3 is 2.40 bits per heavy atom. The number of methoxy groups -OCH3 is 1. The molecular weight excluding hydrogens is 362 g/mol. The first-order valence-corrected chi connectivity index (χ1v) is 9.64. The molecule has 3 rings (SSSR count). The second-order valence-corrected chi connectivity index (χ2v) is 7.92. The van der Waals surface area contributed by atoms with E-state index < -0.39 is 15.9 Å². The zero-order valence-electron chi connectivity index (χ0n) is 13.4. The monoisotopic (exact) mass is 377 g/mol. The van der Waals surface area contributed by atoms with Gasteiger partial charge in [-0.3, -0.25) is 4.79 Å². The van der Waals surface area contributed by atoms with Crippen molar-refractivity contribution in [2.45, 2.75) is 6.04 Å². The van der Waals surface area contributed by atoms with Crippen LogP contribution >= 0.6 is 11.6 Å². The van der Waals surface area contributed by atoms with E-state index in [0.717, 1.165) is 5.41 Å². The average Bonchev–Trinajstić information content (AvgIpc) is 2.95. The maximum atomic E-state index is 13.1. The minimum atomic E-state index is -3.32. The molecule has 25 heavy (non-hydrogen) atoms. The number of ether oxygens (including phenoxy) is 1. The van der Waals surface area contributed by atoms with Gasteiger partial charge in [0, 0.05) is 11.1 Å². The van der Waals surface area contributed by atoms with E-state index in [1.807, 2.05) is 0 Å². The summed E-state index contributed by atoms with van der Waals surface area (Å²) in [6.07, 6.45) is 1.52. The predicted octanol–water partition coefficient (Wildman–Crippen LogP) is 3.31. The lowest BCUT2D eigenvalue weighted by Gasteiger charge is -2.28. The van der Waals surface area contributed by atoms with Crippen LogP contribution in [-0.2, 0) is 9.84 Å². The fourth-order valence-electron chi connectivity index (χ4n) is 2.69. The number of amides is 1. The van der Waals surface area contributed by atoms with Crippen molar-refractivity contribution < 1.29 is 17.9 Å². The molecule has 0 saturated carbocycles. The summed E-state index contributed by atoms with van der Waals surface area (Å²) in [5, 5.41) is 1.46. The highest BCUT2D eigenvalue weighted by molar-refractivity contribution is 7.94. The third-order valence-corrected chi connectivity index (χ3v) is 5.62. The highest BCUT2D eigenvalue weighted by Gasteiger charge is 2.32. The first kappa shape index (κ1) is 17.5. The van der Waals surface area contributed by atoms with Gasteiger partial charge in [0.15, 0.2) is 9.84 Å². The third-order valence-electron chi connectivity index (χ3n) is 3.92. The molecule has 130 valence electrons. The lowest BCUT2D eigenvalue weighted by atomic mass is 10.1. The Labute approximate surface area is 151 Å². The Hall–Kier alpha value is -2.31. The van der Waals surface area contributed by atoms with E-state index in [-0.39, 0.29) is 11.7 Å². The van der Waals surface area contributed by atoms with E-state index in [0.29, 0.717) is 22.0 Å². The smallest absolute Gasteiger partial charge is 0.260 e. The quantitative estimate of drug-likeness (QED) is 0.820. The van der Waals surface area contributed by atoms with Gasteiger partial charge in [-0.25, -0.2) is 8.42 Å². The molecule has 0 radical (unpaired) electrons. The Kier molecular flexibility index (Phi) is 4.83. The van der Waals surface area contributed by atoms with Gasteiger partial charge in [0.05, 0.1) is 29.5 Å². The molecule has 2 aromatic rings. The van der Waals surface area contributed by atoms with Gasteiger partial charge >= 0.3 is 0 Å². The zero-order valence-corrected chi connectivity index (χ0v) is 15.0. The van der Waals surface area contributed by atoms with Crippen LogP contribution in [0.4, 0.5) is 5.69 Å². The van der Waals surface area contributed by atoms with E-state index in [9.17, 15) is 13.2 Å². The van der Waals surface area contributed by atoms with Crippen molar-refractivity contribution >= 4 is 33.0 Å². The van der Waals surface area contributed by atoms with Crippen LogP contribution in [-0.4, -0.2) is 33.2 Å². The molecule has 2 aromatic carbocycles. The normalized spacial score (nSPS) is 18.1. The maximum absolute atomic E-state index is 13.1. The molecule has 0 saturated heterocycles. The number of hydrogen-bond acceptors (Lipinski definition) is 4. The van der Waals surface area contributed by atoms with Crippen LogP contribution in [0, 0.1) is 0 Å². The minimum absolute atomic E-state index is 0.158. The first-order valence-electron chi connectivity index (χ1n) is 7.54. The summed E-state index contributed by atoms with van der Waals surface area (Å²) < 4.78 is 28.8. The minimum Gasteiger partial charge on any atom is -0.497 e. The van der Waals surface area contributed by atoms with Crippen molar-refractivity contribution in [3.63, 3.8) is 0 Å². The number of rotatable bonds is 4. The molecule has 1 amide bonds. The van der Waals surface area contributed by atoms with Crippen molar-refractivity contribution in [1.82, 2.24) is 0 Å². The van der Waals surface area contributed by atoms with Gasteiger partial charge in [-0.1, -0.05) is 23.7 Å². The van der Waals surface area contributed by atoms with Crippen LogP contribution in [0.15, 0.2) is 60.0 Å². The van der Waals surface area contributed by atoms with Gasteiger partial charge in [0.25, 0.3) is 5.91 Å². The standard InChI is InChI=1S/C18H16ClNO4S/c1-24-15-8-6-13(7-9-15)20(14-10-11-25(22,23)12-14)18(21)16-4-2-3-5-17(16)19/h2-11,14H,12H2,1H3/t14-/m0/s1. The van der Waals surface area contributed by atoms with Crippen molar-refractivity contribution in [2.75, 3.05) is 17.8 Å². The molecule has 7 heteroatoms. The van der Waals surface area contributed by atoms with Crippen LogP contribution < -0.4 is 9.64 Å². The van der Waals surface area contributed by atoms with E-state index in [1.54, 1.807) is 55.6 Å². The molecule has 1 aliphatic heterocycles. The van der Waals surface area contributed by atoms with Gasteiger partial charge in [-0.15, -0.1) is 0 Å². The van der Waals surface area contributed by atoms with E-state index in [2.05, 4.69) is 0 Å². The van der Waals surface area contributed by atoms with Crippen LogP contribution in [0.3, 0.4) is 0 Å². The number of anilines is 1. The molecule has 1 heterocycles. The number of sulfone groups is 1. The fraction of sp³-hybridized carbons (Fsp3) is 0.167. The number of halogens is 1. The summed E-state index contributed by atoms with van der Waals surface area (Å²) in [6, 6.07) is 13.0. The van der Waals surface area contributed by atoms with Crippen molar-refractivity contribution in [1.29, 1.82) is 0 Å². The Morgan fingerprint density at radius 2 is 1.84 bits per heavy atom. The van der Waals surface area contributed by atoms with Gasteiger partial charge < -0.3 is 9.64 Å². The Morgan fingerprint density at radius 1 is 1.16 bits per heavy atom. The summed E-state index contributed by atoms with van der Waals surface area (Å²) in [7, 11) is -1.77. The number of nitrogens with zero attached hydrogens (tertiary/aromatic N) is 1. The summed E-state index contributed by atoms with van der Waals surface area (Å²) >= 11 is 6.16. The molecule has 1 atom stereocenters. The lowest BCUT2D eigenvalue weighted by Crippen LogP contribution is -2.41. The van der Waals surface area contributed by atoms with Crippen molar-refractivity contribution in [3.05, 3.63) is 70.6 Å². The van der Waals surface area contributed by atoms with Crippen LogP contribution in [0.5, 0.6) is 5.75 Å². The summed E-state index contributed by atoms with van der Waals surface area (Å²) in [4.78, 5) is 14.5. The van der Waals surface area contributed by atoms with Crippen molar-refractivity contribution in [2.24, 2.45) is 0 Å². The van der Waals surface area contributed by atoms with Crippen molar-refractivity contribution in [3.8, 4) is 5.75 Å². The predicted molar refractivity (Wildman–Crippen MR) is 98.0 cm³/mol. The first-order chi connectivity index (χ1) is 11.9. The highest BCUT2D eigenvalue weighted by atomic mass is 35.5. The van der Waals surface area contributed by atoms with E-state index in [1.165, 1.54) is 11.0 Å². The van der Waals surface area contributed by atoms with Crippen LogP contribution in [0.1, 0.15) is 10.4 Å². The maximum Gasteiger partial charge on any atom is 0.260 e. The highest BCUT2D eigenvalue weighted by Crippen LogP contribution is 2.28. The topological polar surface area (TPSA) is 63.7 Å². The second-order valence-electron chi connectivity index (χ2n) is 5.58. The number of carbonyl (C=O) groups excluding carboxylic acids is 1. The molecule has 1 aliphatic rings. The molecule has 0 fully saturated rings. The number of benzene rings is 2. The third kappa shape index (κ3) is 3.70. The largest absolute Gasteiger partial charge is 0.497 e. The van der Waals surface area contributed by atoms with Gasteiger partial charge in [-0.05, 0) is 42.5 Å². The molecule has 0 unspecified atom stereocenters. The molecule has 0 spiro atoms. The molecule has 5 nitrogen and oxygen atoms in total. The molecule has 0 N–H and O–H groups in total. The van der Waals surface area contributed by atoms with E-state index >= 15 is 0 Å². The lowest BCUT2D eigenvalue weighted by molar-refractivity contribution is 0.0983. The summed E-state index contributed by atoms with van der Waals surface area (Å²) in [5.41, 5.74) is 0.884. The van der Waals surface area contributed by atoms with Gasteiger partial charge in [0.2, 0.25) is 0 Å². The molecule has 0 aromatic heterocycles. The van der Waals surface area contributed by atoms with Crippen LogP contribution in [0.25, 0.3) is 0 Å². The van der Waals surface area contributed by atoms with E-state index in [4.69, 9.17) is 16.3 Å². The summed E-state index contributed by atoms with van der Waals surface area (Å²) in [6.45, 7) is 0. The SMILES string of the molecule is COc1ccc(N(C(=O)c2ccccc2Cl)[C@H]2C=CS(=O)(=O)C2)cc1. The zero-order chi connectivity index (χ0) is 18.0. The fourth-order valence-corrected chi connectivity index (χ4v) is 4.17. The number of carbonyl (C=O) groups is 1. The second kappa shape index (κ2) is 6.90. The number of hydrogen-bond donors (Lipinski definition) is 0. The average molecular weight is 378 g/mol. The Bertz CT molecular complexity index is 922. The Balaban J connectivity index is 2.04. The van der Waals surface area contributed by atoms with Gasteiger partial charge in [0.1, 0.15) is 5.75 Å². The molecule has 0 bridgehead atoms. The van der Waals surface area contributed by atoms with Crippen LogP contribution in [0.2, 0.25) is 5.02 Å². The van der Waals surface area contributed by atoms with Gasteiger partial charge in [-0.2, -0.15) is 0 Å².